The maximum atomic E-state index is 12.2. The summed E-state index contributed by atoms with van der Waals surface area (Å²) in [6.07, 6.45) is 0.271. The van der Waals surface area contributed by atoms with Crippen molar-refractivity contribution in [2.24, 2.45) is 11.8 Å². The summed E-state index contributed by atoms with van der Waals surface area (Å²) in [5, 5.41) is 9.39. The highest BCUT2D eigenvalue weighted by Gasteiger charge is 2.53. The Morgan fingerprint density at radius 2 is 2.00 bits per heavy atom. The molecule has 1 aliphatic carbocycles. The Balaban J connectivity index is 1.69. The van der Waals surface area contributed by atoms with Crippen molar-refractivity contribution in [2.45, 2.75) is 25.5 Å². The molecule has 6 heteroatoms. The lowest BCUT2D eigenvalue weighted by molar-refractivity contribution is -0.143. The van der Waals surface area contributed by atoms with Crippen molar-refractivity contribution in [2.75, 3.05) is 6.54 Å². The molecular weight excluding hydrogens is 286 g/mol. The fraction of sp³-hybridized carbons (Fsp3) is 0.438. The van der Waals surface area contributed by atoms with Gasteiger partial charge >= 0.3 is 12.1 Å². The van der Waals surface area contributed by atoms with Crippen molar-refractivity contribution in [1.29, 1.82) is 0 Å². The average molecular weight is 303 g/mol. The van der Waals surface area contributed by atoms with Crippen LogP contribution >= 0.6 is 0 Å². The molecule has 1 heterocycles. The fourth-order valence-electron chi connectivity index (χ4n) is 3.41. The number of hydrogen-bond donors (Lipinski definition) is 1. The number of benzene rings is 1. The van der Waals surface area contributed by atoms with Crippen molar-refractivity contribution in [1.82, 2.24) is 4.90 Å². The number of fused-ring (bicyclic) bond motifs is 1. The van der Waals surface area contributed by atoms with Gasteiger partial charge in [-0.05, 0) is 12.0 Å². The molecule has 3 rings (SSSR count). The molecule has 0 aromatic heterocycles. The minimum atomic E-state index is -1.07. The first-order valence-electron chi connectivity index (χ1n) is 7.31. The Labute approximate surface area is 127 Å². The van der Waals surface area contributed by atoms with Gasteiger partial charge in [-0.15, -0.1) is 0 Å². The van der Waals surface area contributed by atoms with E-state index >= 15 is 0 Å². The van der Waals surface area contributed by atoms with Crippen molar-refractivity contribution >= 4 is 17.8 Å². The molecule has 1 N–H and O–H groups in total. The van der Waals surface area contributed by atoms with Gasteiger partial charge in [0.05, 0.1) is 0 Å². The number of carboxylic acid groups (broad SMARTS) is 1. The fourth-order valence-corrected chi connectivity index (χ4v) is 3.41. The number of nitrogens with zero attached hydrogens (tertiary/aromatic N) is 1. The minimum absolute atomic E-state index is 0.0506. The molecule has 1 amide bonds. The Bertz CT molecular complexity index is 600. The number of ketones is 1. The van der Waals surface area contributed by atoms with Gasteiger partial charge in [-0.3, -0.25) is 9.69 Å². The first-order valence-corrected chi connectivity index (χ1v) is 7.31. The highest BCUT2D eigenvalue weighted by Crippen LogP contribution is 2.40. The van der Waals surface area contributed by atoms with E-state index in [0.717, 1.165) is 5.56 Å². The maximum Gasteiger partial charge on any atom is 0.410 e. The molecule has 1 aliphatic heterocycles. The van der Waals surface area contributed by atoms with E-state index in [4.69, 9.17) is 4.74 Å². The Morgan fingerprint density at radius 1 is 1.27 bits per heavy atom. The van der Waals surface area contributed by atoms with E-state index in [1.807, 2.05) is 30.3 Å². The van der Waals surface area contributed by atoms with Crippen LogP contribution in [0.5, 0.6) is 0 Å². The number of amides is 1. The standard InChI is InChI=1S/C16H17NO5/c18-13-7-6-11-12(13)8-17(14(11)15(19)20)16(21)22-9-10-4-2-1-3-5-10/h1-5,11-12,14H,6-9H2,(H,19,20). The van der Waals surface area contributed by atoms with Gasteiger partial charge in [0.15, 0.2) is 0 Å². The summed E-state index contributed by atoms with van der Waals surface area (Å²) < 4.78 is 5.21. The largest absolute Gasteiger partial charge is 0.480 e. The zero-order valence-corrected chi connectivity index (χ0v) is 12.0. The van der Waals surface area contributed by atoms with Gasteiger partial charge in [0.25, 0.3) is 0 Å². The number of carboxylic acids is 1. The number of Topliss-reactive ketones (excluding diaryl/α,β-unsaturated/α-hetero) is 1. The third kappa shape index (κ3) is 2.56. The van der Waals surface area contributed by atoms with Gasteiger partial charge in [0, 0.05) is 24.8 Å². The second kappa shape index (κ2) is 5.79. The van der Waals surface area contributed by atoms with Crippen molar-refractivity contribution in [3.63, 3.8) is 0 Å². The second-order valence-corrected chi connectivity index (χ2v) is 5.75. The Morgan fingerprint density at radius 3 is 2.68 bits per heavy atom. The monoisotopic (exact) mass is 303 g/mol. The zero-order valence-electron chi connectivity index (χ0n) is 12.0. The van der Waals surface area contributed by atoms with Gasteiger partial charge in [-0.1, -0.05) is 30.3 Å². The topological polar surface area (TPSA) is 83.9 Å². The molecule has 1 saturated carbocycles. The minimum Gasteiger partial charge on any atom is -0.480 e. The summed E-state index contributed by atoms with van der Waals surface area (Å²) >= 11 is 0. The lowest BCUT2D eigenvalue weighted by atomic mass is 9.94. The van der Waals surface area contributed by atoms with Gasteiger partial charge in [0.2, 0.25) is 0 Å². The lowest BCUT2D eigenvalue weighted by Crippen LogP contribution is -2.43. The molecule has 6 nitrogen and oxygen atoms in total. The maximum absolute atomic E-state index is 12.2. The van der Waals surface area contributed by atoms with E-state index in [1.165, 1.54) is 4.90 Å². The summed E-state index contributed by atoms with van der Waals surface area (Å²) in [6.45, 7) is 0.236. The van der Waals surface area contributed by atoms with Crippen LogP contribution in [-0.2, 0) is 20.9 Å². The number of aliphatic carboxylic acids is 1. The number of ether oxygens (including phenoxy) is 1. The smallest absolute Gasteiger partial charge is 0.410 e. The molecule has 3 atom stereocenters. The highest BCUT2D eigenvalue weighted by atomic mass is 16.6. The molecule has 0 bridgehead atoms. The summed E-state index contributed by atoms with van der Waals surface area (Å²) in [4.78, 5) is 36.7. The number of likely N-dealkylation sites (tertiary alicyclic amines) is 1. The third-order valence-corrected chi connectivity index (χ3v) is 4.48. The van der Waals surface area contributed by atoms with Gasteiger partial charge in [-0.25, -0.2) is 9.59 Å². The number of rotatable bonds is 3. The van der Waals surface area contributed by atoms with E-state index in [9.17, 15) is 19.5 Å². The van der Waals surface area contributed by atoms with E-state index in [2.05, 4.69) is 0 Å². The molecule has 3 unspecified atom stereocenters. The van der Waals surface area contributed by atoms with Crippen LogP contribution in [0.1, 0.15) is 18.4 Å². The van der Waals surface area contributed by atoms with Crippen LogP contribution in [0.4, 0.5) is 4.79 Å². The summed E-state index contributed by atoms with van der Waals surface area (Å²) in [6, 6.07) is 8.22. The van der Waals surface area contributed by atoms with Crippen molar-refractivity contribution in [3.8, 4) is 0 Å². The summed E-state index contributed by atoms with van der Waals surface area (Å²) in [5.41, 5.74) is 0.832. The Kier molecular flexibility index (Phi) is 3.83. The van der Waals surface area contributed by atoms with Crippen molar-refractivity contribution < 1.29 is 24.2 Å². The molecular formula is C16H17NO5. The molecule has 116 valence electrons. The molecule has 1 aromatic carbocycles. The molecule has 0 radical (unpaired) electrons. The SMILES string of the molecule is O=C1CCC2C1CN(C(=O)OCc1ccccc1)C2C(=O)O. The van der Waals surface area contributed by atoms with E-state index in [-0.39, 0.29) is 30.8 Å². The van der Waals surface area contributed by atoms with E-state index < -0.39 is 18.1 Å². The predicted molar refractivity (Wildman–Crippen MR) is 76.0 cm³/mol. The van der Waals surface area contributed by atoms with Crippen LogP contribution < -0.4 is 0 Å². The molecule has 22 heavy (non-hydrogen) atoms. The van der Waals surface area contributed by atoms with Gasteiger partial charge in [0.1, 0.15) is 18.4 Å². The summed E-state index contributed by atoms with van der Waals surface area (Å²) in [7, 11) is 0. The molecule has 1 aromatic rings. The molecule has 1 saturated heterocycles. The van der Waals surface area contributed by atoms with Gasteiger partial charge in [-0.2, -0.15) is 0 Å². The summed E-state index contributed by atoms with van der Waals surface area (Å²) in [5.74, 6) is -1.66. The van der Waals surface area contributed by atoms with Crippen LogP contribution in [0.3, 0.4) is 0 Å². The van der Waals surface area contributed by atoms with E-state index in [0.29, 0.717) is 12.8 Å². The van der Waals surface area contributed by atoms with Gasteiger partial charge < -0.3 is 9.84 Å². The van der Waals surface area contributed by atoms with Crippen LogP contribution in [0.15, 0.2) is 30.3 Å². The van der Waals surface area contributed by atoms with Crippen LogP contribution in [0, 0.1) is 11.8 Å². The van der Waals surface area contributed by atoms with E-state index in [1.54, 1.807) is 0 Å². The van der Waals surface area contributed by atoms with Crippen molar-refractivity contribution in [3.05, 3.63) is 35.9 Å². The third-order valence-electron chi connectivity index (χ3n) is 4.48. The molecule has 2 fully saturated rings. The lowest BCUT2D eigenvalue weighted by Gasteiger charge is -2.23. The normalized spacial score (nSPS) is 26.8. The number of carbonyl (C=O) groups is 3. The first-order chi connectivity index (χ1) is 10.6. The zero-order chi connectivity index (χ0) is 15.7. The van der Waals surface area contributed by atoms with Crippen LogP contribution in [-0.4, -0.2) is 40.4 Å². The molecule has 2 aliphatic rings. The van der Waals surface area contributed by atoms with Crippen LogP contribution in [0.2, 0.25) is 0 Å². The second-order valence-electron chi connectivity index (χ2n) is 5.75. The first kappa shape index (κ1) is 14.6. The number of carbonyl (C=O) groups excluding carboxylic acids is 2. The van der Waals surface area contributed by atoms with Crippen LogP contribution in [0.25, 0.3) is 0 Å². The number of hydrogen-bond acceptors (Lipinski definition) is 4. The highest BCUT2D eigenvalue weighted by molar-refractivity contribution is 5.89. The average Bonchev–Trinajstić information content (AvgIpc) is 3.06. The predicted octanol–water partition coefficient (Wildman–Crippen LogP) is 1.69. The molecule has 0 spiro atoms. The quantitative estimate of drug-likeness (QED) is 0.918. The Hall–Kier alpha value is -2.37.